The zero-order valence-corrected chi connectivity index (χ0v) is 19.8. The fourth-order valence-corrected chi connectivity index (χ4v) is 3.91. The third kappa shape index (κ3) is 4.90. The largest absolute Gasteiger partial charge is 0.376 e. The van der Waals surface area contributed by atoms with Crippen LogP contribution in [-0.4, -0.2) is 45.8 Å². The maximum absolute atomic E-state index is 13.3. The van der Waals surface area contributed by atoms with Crippen molar-refractivity contribution in [3.63, 3.8) is 0 Å². The summed E-state index contributed by atoms with van der Waals surface area (Å²) in [6.45, 7) is 2.74. The lowest BCUT2D eigenvalue weighted by Crippen LogP contribution is -2.40. The van der Waals surface area contributed by atoms with Crippen LogP contribution in [0.15, 0.2) is 41.1 Å². The molecule has 1 aliphatic rings. The van der Waals surface area contributed by atoms with E-state index in [-0.39, 0.29) is 23.2 Å². The van der Waals surface area contributed by atoms with Crippen molar-refractivity contribution < 1.29 is 14.3 Å². The second kappa shape index (κ2) is 9.70. The zero-order valence-electron chi connectivity index (χ0n) is 17.4. The summed E-state index contributed by atoms with van der Waals surface area (Å²) in [5.74, 6) is -0.660. The number of hydrogen-bond donors (Lipinski definition) is 2. The third-order valence-corrected chi connectivity index (χ3v) is 5.77. The lowest BCUT2D eigenvalue weighted by molar-refractivity contribution is -0.0472. The van der Waals surface area contributed by atoms with Crippen LogP contribution in [-0.2, 0) is 4.74 Å². The van der Waals surface area contributed by atoms with Gasteiger partial charge in [0, 0.05) is 25.4 Å². The van der Waals surface area contributed by atoms with E-state index >= 15 is 0 Å². The Balaban J connectivity index is 1.67. The van der Waals surface area contributed by atoms with Crippen LogP contribution in [0.2, 0.25) is 5.02 Å². The summed E-state index contributed by atoms with van der Waals surface area (Å²) < 4.78 is 7.06. The molecule has 1 unspecified atom stereocenters. The third-order valence-electron chi connectivity index (χ3n) is 5.08. The molecule has 3 aromatic rings. The van der Waals surface area contributed by atoms with Crippen LogP contribution in [0.3, 0.4) is 0 Å². The first-order chi connectivity index (χ1) is 15.9. The van der Waals surface area contributed by atoms with Gasteiger partial charge in [0.25, 0.3) is 11.8 Å². The number of aryl methyl sites for hydroxylation is 1. The molecular formula is C22H18BrClN6O3. The van der Waals surface area contributed by atoms with Crippen molar-refractivity contribution in [1.29, 1.82) is 5.26 Å². The SMILES string of the molecule is Cc1cc(C#N)cc(C(=O)NCC2CCO2)c1NC(=O)c1cc(Br)nn1-c1ncccc1Cl. The van der Waals surface area contributed by atoms with Gasteiger partial charge in [-0.2, -0.15) is 10.4 Å². The number of ether oxygens (including phenoxy) is 1. The molecule has 3 heterocycles. The molecule has 168 valence electrons. The molecule has 2 N–H and O–H groups in total. The van der Waals surface area contributed by atoms with Crippen LogP contribution >= 0.6 is 27.5 Å². The molecular weight excluding hydrogens is 512 g/mol. The predicted octanol–water partition coefficient (Wildman–Crippen LogP) is 3.63. The zero-order chi connectivity index (χ0) is 23.5. The number of rotatable bonds is 6. The summed E-state index contributed by atoms with van der Waals surface area (Å²) in [6.07, 6.45) is 2.38. The van der Waals surface area contributed by atoms with E-state index in [1.54, 1.807) is 25.1 Å². The number of carbonyl (C=O) groups is 2. The van der Waals surface area contributed by atoms with Gasteiger partial charge in [0.1, 0.15) is 10.3 Å². The first-order valence-corrected chi connectivity index (χ1v) is 11.2. The Labute approximate surface area is 202 Å². The van der Waals surface area contributed by atoms with Gasteiger partial charge in [0.2, 0.25) is 0 Å². The number of nitriles is 1. The molecule has 0 radical (unpaired) electrons. The van der Waals surface area contributed by atoms with E-state index < -0.39 is 11.8 Å². The average molecular weight is 530 g/mol. The number of carbonyl (C=O) groups excluding carboxylic acids is 2. The number of nitrogens with one attached hydrogen (secondary N) is 2. The smallest absolute Gasteiger partial charge is 0.274 e. The van der Waals surface area contributed by atoms with Crippen molar-refractivity contribution in [2.45, 2.75) is 19.4 Å². The van der Waals surface area contributed by atoms with Crippen molar-refractivity contribution in [3.05, 3.63) is 68.5 Å². The summed E-state index contributed by atoms with van der Waals surface area (Å²) in [7, 11) is 0. The summed E-state index contributed by atoms with van der Waals surface area (Å²) in [5, 5.41) is 19.5. The van der Waals surface area contributed by atoms with Crippen LogP contribution in [0.5, 0.6) is 0 Å². The maximum Gasteiger partial charge on any atom is 0.274 e. The molecule has 2 aromatic heterocycles. The molecule has 1 aliphatic heterocycles. The van der Waals surface area contributed by atoms with E-state index in [0.717, 1.165) is 6.42 Å². The maximum atomic E-state index is 13.3. The van der Waals surface area contributed by atoms with E-state index in [1.807, 2.05) is 6.07 Å². The Hall–Kier alpha value is -3.26. The first kappa shape index (κ1) is 22.9. The Morgan fingerprint density at radius 2 is 2.15 bits per heavy atom. The minimum atomic E-state index is -0.529. The van der Waals surface area contributed by atoms with Crippen molar-refractivity contribution in [2.24, 2.45) is 0 Å². The lowest BCUT2D eigenvalue weighted by atomic mass is 10.0. The standard InChI is InChI=1S/C22H18BrClN6O3/c1-12-7-13(10-25)8-15(21(31)27-11-14-4-6-33-14)19(12)28-22(32)17-9-18(23)29-30(17)20-16(24)3-2-5-26-20/h2-3,5,7-9,14H,4,6,11H2,1H3,(H,27,31)(H,28,32). The minimum absolute atomic E-state index is 0.0259. The second-order valence-electron chi connectivity index (χ2n) is 7.35. The van der Waals surface area contributed by atoms with E-state index in [4.69, 9.17) is 16.3 Å². The van der Waals surface area contributed by atoms with E-state index in [0.29, 0.717) is 39.6 Å². The Kier molecular flexibility index (Phi) is 6.74. The molecule has 33 heavy (non-hydrogen) atoms. The summed E-state index contributed by atoms with van der Waals surface area (Å²) in [4.78, 5) is 30.4. The van der Waals surface area contributed by atoms with Gasteiger partial charge in [-0.3, -0.25) is 9.59 Å². The molecule has 1 saturated heterocycles. The van der Waals surface area contributed by atoms with Gasteiger partial charge in [-0.1, -0.05) is 11.6 Å². The average Bonchev–Trinajstić information content (AvgIpc) is 3.15. The van der Waals surface area contributed by atoms with Gasteiger partial charge < -0.3 is 15.4 Å². The normalized spacial score (nSPS) is 14.8. The summed E-state index contributed by atoms with van der Waals surface area (Å²) >= 11 is 9.52. The summed E-state index contributed by atoms with van der Waals surface area (Å²) in [5.41, 5.74) is 1.50. The topological polar surface area (TPSA) is 122 Å². The molecule has 1 atom stereocenters. The molecule has 1 aromatic carbocycles. The highest BCUT2D eigenvalue weighted by atomic mass is 79.9. The van der Waals surface area contributed by atoms with Crippen molar-refractivity contribution in [2.75, 3.05) is 18.5 Å². The van der Waals surface area contributed by atoms with Crippen LogP contribution in [0.25, 0.3) is 5.82 Å². The fraction of sp³-hybridized carbons (Fsp3) is 0.227. The number of amides is 2. The van der Waals surface area contributed by atoms with Crippen LogP contribution < -0.4 is 10.6 Å². The van der Waals surface area contributed by atoms with Gasteiger partial charge in [0.05, 0.1) is 34.0 Å². The summed E-state index contributed by atoms with van der Waals surface area (Å²) in [6, 6.07) is 9.92. The molecule has 9 nitrogen and oxygen atoms in total. The molecule has 0 spiro atoms. The van der Waals surface area contributed by atoms with Crippen LogP contribution in [0, 0.1) is 18.3 Å². The highest BCUT2D eigenvalue weighted by Gasteiger charge is 2.24. The number of aromatic nitrogens is 3. The van der Waals surface area contributed by atoms with Crippen LogP contribution in [0.4, 0.5) is 5.69 Å². The van der Waals surface area contributed by atoms with E-state index in [1.165, 1.54) is 23.0 Å². The lowest BCUT2D eigenvalue weighted by Gasteiger charge is -2.26. The van der Waals surface area contributed by atoms with Gasteiger partial charge in [-0.15, -0.1) is 0 Å². The molecule has 2 amide bonds. The van der Waals surface area contributed by atoms with Gasteiger partial charge in [-0.25, -0.2) is 9.67 Å². The van der Waals surface area contributed by atoms with Crippen LogP contribution in [0.1, 0.15) is 38.4 Å². The highest BCUT2D eigenvalue weighted by Crippen LogP contribution is 2.26. The van der Waals surface area contributed by atoms with Crippen molar-refractivity contribution in [3.8, 4) is 11.9 Å². The van der Waals surface area contributed by atoms with E-state index in [9.17, 15) is 14.9 Å². The monoisotopic (exact) mass is 528 g/mol. The molecule has 0 saturated carbocycles. The number of hydrogen-bond acceptors (Lipinski definition) is 6. The Morgan fingerprint density at radius 1 is 1.36 bits per heavy atom. The number of anilines is 1. The molecule has 0 aliphatic carbocycles. The molecule has 4 rings (SSSR count). The first-order valence-electron chi connectivity index (χ1n) is 9.99. The van der Waals surface area contributed by atoms with Gasteiger partial charge >= 0.3 is 0 Å². The number of benzene rings is 1. The van der Waals surface area contributed by atoms with Gasteiger partial charge in [-0.05, 0) is 59.1 Å². The highest BCUT2D eigenvalue weighted by molar-refractivity contribution is 9.10. The predicted molar refractivity (Wildman–Crippen MR) is 125 cm³/mol. The number of pyridine rings is 1. The minimum Gasteiger partial charge on any atom is -0.376 e. The molecule has 1 fully saturated rings. The van der Waals surface area contributed by atoms with Crippen molar-refractivity contribution >= 4 is 45.0 Å². The molecule has 11 heteroatoms. The van der Waals surface area contributed by atoms with E-state index in [2.05, 4.69) is 36.6 Å². The Bertz CT molecular complexity index is 1280. The number of halogens is 2. The Morgan fingerprint density at radius 3 is 2.82 bits per heavy atom. The second-order valence-corrected chi connectivity index (χ2v) is 8.57. The quantitative estimate of drug-likeness (QED) is 0.503. The molecule has 0 bridgehead atoms. The van der Waals surface area contributed by atoms with Gasteiger partial charge in [0.15, 0.2) is 5.82 Å². The van der Waals surface area contributed by atoms with Crippen molar-refractivity contribution in [1.82, 2.24) is 20.1 Å². The fourth-order valence-electron chi connectivity index (χ4n) is 3.33. The number of nitrogens with zero attached hydrogens (tertiary/aromatic N) is 4.